The summed E-state index contributed by atoms with van der Waals surface area (Å²) in [5, 5.41) is 10.0. The fraction of sp³-hybridized carbons (Fsp3) is 0.0769. The van der Waals surface area contributed by atoms with Crippen LogP contribution in [0, 0.1) is 6.92 Å². The van der Waals surface area contributed by atoms with Gasteiger partial charge in [0.25, 0.3) is 10.0 Å². The molecule has 20 heavy (non-hydrogen) atoms. The molecule has 7 heteroatoms. The summed E-state index contributed by atoms with van der Waals surface area (Å²) < 4.78 is 27.5. The first-order chi connectivity index (χ1) is 9.31. The van der Waals surface area contributed by atoms with Gasteiger partial charge in [-0.25, -0.2) is 8.42 Å². The third-order valence-electron chi connectivity index (χ3n) is 2.75. The van der Waals surface area contributed by atoms with Crippen LogP contribution in [0.5, 0.6) is 5.75 Å². The Labute approximate surface area is 130 Å². The molecule has 0 radical (unpaired) electrons. The third-order valence-corrected chi connectivity index (χ3v) is 5.33. The summed E-state index contributed by atoms with van der Waals surface area (Å²) >= 11 is 9.03. The van der Waals surface area contributed by atoms with Gasteiger partial charge >= 0.3 is 0 Å². The van der Waals surface area contributed by atoms with E-state index in [4.69, 9.17) is 11.6 Å². The Kier molecular flexibility index (Phi) is 4.27. The van der Waals surface area contributed by atoms with Gasteiger partial charge in [0, 0.05) is 10.0 Å². The van der Waals surface area contributed by atoms with Crippen LogP contribution >= 0.6 is 27.5 Å². The maximum Gasteiger partial charge on any atom is 0.261 e. The lowest BCUT2D eigenvalue weighted by molar-refractivity contribution is 0.471. The molecule has 0 spiro atoms. The highest BCUT2D eigenvalue weighted by Gasteiger charge is 2.17. The molecule has 0 aliphatic carbocycles. The quantitative estimate of drug-likeness (QED) is 0.853. The van der Waals surface area contributed by atoms with Crippen molar-refractivity contribution in [1.29, 1.82) is 0 Å². The van der Waals surface area contributed by atoms with Gasteiger partial charge in [0.15, 0.2) is 0 Å². The van der Waals surface area contributed by atoms with E-state index in [1.54, 1.807) is 19.1 Å². The van der Waals surface area contributed by atoms with E-state index in [9.17, 15) is 13.5 Å². The third kappa shape index (κ3) is 3.08. The van der Waals surface area contributed by atoms with Crippen molar-refractivity contribution in [3.63, 3.8) is 0 Å². The molecule has 0 saturated carbocycles. The van der Waals surface area contributed by atoms with E-state index < -0.39 is 10.0 Å². The summed E-state index contributed by atoms with van der Waals surface area (Å²) in [7, 11) is -3.74. The molecule has 0 saturated heterocycles. The number of rotatable bonds is 3. The van der Waals surface area contributed by atoms with Crippen LogP contribution in [-0.4, -0.2) is 13.5 Å². The number of aromatic hydroxyl groups is 1. The lowest BCUT2D eigenvalue weighted by Gasteiger charge is -2.11. The van der Waals surface area contributed by atoms with E-state index in [0.29, 0.717) is 20.7 Å². The molecule has 0 aromatic heterocycles. The number of hydrogen-bond acceptors (Lipinski definition) is 3. The highest BCUT2D eigenvalue weighted by molar-refractivity contribution is 9.10. The van der Waals surface area contributed by atoms with Crippen molar-refractivity contribution in [2.24, 2.45) is 0 Å². The van der Waals surface area contributed by atoms with Crippen molar-refractivity contribution in [3.05, 3.63) is 51.5 Å². The van der Waals surface area contributed by atoms with E-state index in [0.717, 1.165) is 0 Å². The predicted octanol–water partition coefficient (Wildman–Crippen LogP) is 3.92. The summed E-state index contributed by atoms with van der Waals surface area (Å²) in [5.41, 5.74) is 0.792. The molecular formula is C13H11BrClNO3S. The number of phenols is 1. The van der Waals surface area contributed by atoms with Crippen molar-refractivity contribution < 1.29 is 13.5 Å². The molecule has 0 amide bonds. The predicted molar refractivity (Wildman–Crippen MR) is 82.8 cm³/mol. The SMILES string of the molecule is Cc1c(O)cccc1NS(=O)(=O)c1ccc(Cl)c(Br)c1. The van der Waals surface area contributed by atoms with Gasteiger partial charge < -0.3 is 5.11 Å². The number of benzene rings is 2. The second-order valence-corrected chi connectivity index (χ2v) is 7.08. The summed E-state index contributed by atoms with van der Waals surface area (Å²) in [5.74, 6) is 0.0301. The minimum absolute atomic E-state index is 0.0301. The zero-order valence-electron chi connectivity index (χ0n) is 10.4. The van der Waals surface area contributed by atoms with Crippen LogP contribution in [0.4, 0.5) is 5.69 Å². The van der Waals surface area contributed by atoms with Gasteiger partial charge in [-0.2, -0.15) is 0 Å². The maximum absolute atomic E-state index is 12.3. The molecule has 0 fully saturated rings. The molecule has 0 atom stereocenters. The minimum Gasteiger partial charge on any atom is -0.508 e. The molecule has 2 aromatic rings. The van der Waals surface area contributed by atoms with Crippen molar-refractivity contribution in [2.45, 2.75) is 11.8 Å². The normalized spacial score (nSPS) is 11.3. The first kappa shape index (κ1) is 15.2. The highest BCUT2D eigenvalue weighted by atomic mass is 79.9. The average Bonchev–Trinajstić information content (AvgIpc) is 2.38. The standard InChI is InChI=1S/C13H11BrClNO3S/c1-8-12(3-2-4-13(8)17)16-20(18,19)9-5-6-11(15)10(14)7-9/h2-7,16-17H,1H3. The zero-order chi connectivity index (χ0) is 14.9. The minimum atomic E-state index is -3.74. The zero-order valence-corrected chi connectivity index (χ0v) is 13.6. The number of anilines is 1. The van der Waals surface area contributed by atoms with Crippen LogP contribution in [0.25, 0.3) is 0 Å². The number of hydrogen-bond donors (Lipinski definition) is 2. The van der Waals surface area contributed by atoms with Crippen molar-refractivity contribution in [1.82, 2.24) is 0 Å². The van der Waals surface area contributed by atoms with Gasteiger partial charge in [-0.15, -0.1) is 0 Å². The fourth-order valence-electron chi connectivity index (χ4n) is 1.58. The molecule has 0 unspecified atom stereocenters. The molecule has 0 bridgehead atoms. The molecule has 0 heterocycles. The molecule has 0 aliphatic heterocycles. The van der Waals surface area contributed by atoms with Crippen molar-refractivity contribution in [2.75, 3.05) is 4.72 Å². The van der Waals surface area contributed by atoms with Gasteiger partial charge in [0.1, 0.15) is 5.75 Å². The average molecular weight is 377 g/mol. The Morgan fingerprint density at radius 2 is 1.95 bits per heavy atom. The summed E-state index contributed by atoms with van der Waals surface area (Å²) in [6.07, 6.45) is 0. The van der Waals surface area contributed by atoms with Gasteiger partial charge in [0.2, 0.25) is 0 Å². The molecule has 2 rings (SSSR count). The fourth-order valence-corrected chi connectivity index (χ4v) is 3.38. The Bertz CT molecular complexity index is 762. The van der Waals surface area contributed by atoms with Crippen LogP contribution < -0.4 is 4.72 Å². The first-order valence-electron chi connectivity index (χ1n) is 5.58. The van der Waals surface area contributed by atoms with E-state index >= 15 is 0 Å². The Morgan fingerprint density at radius 3 is 2.60 bits per heavy atom. The van der Waals surface area contributed by atoms with E-state index in [2.05, 4.69) is 20.7 Å². The second kappa shape index (κ2) is 5.63. The number of sulfonamides is 1. The molecule has 4 nitrogen and oxygen atoms in total. The van der Waals surface area contributed by atoms with Crippen LogP contribution in [0.15, 0.2) is 45.8 Å². The largest absolute Gasteiger partial charge is 0.508 e. The second-order valence-electron chi connectivity index (χ2n) is 4.13. The molecular weight excluding hydrogens is 366 g/mol. The van der Waals surface area contributed by atoms with Crippen LogP contribution in [0.2, 0.25) is 5.02 Å². The smallest absolute Gasteiger partial charge is 0.261 e. The monoisotopic (exact) mass is 375 g/mol. The topological polar surface area (TPSA) is 66.4 Å². The summed E-state index contributed by atoms with van der Waals surface area (Å²) in [6.45, 7) is 1.63. The number of nitrogens with one attached hydrogen (secondary N) is 1. The van der Waals surface area contributed by atoms with E-state index in [1.807, 2.05) is 0 Å². The highest BCUT2D eigenvalue weighted by Crippen LogP contribution is 2.29. The van der Waals surface area contributed by atoms with Crippen LogP contribution in [0.3, 0.4) is 0 Å². The maximum atomic E-state index is 12.3. The Balaban J connectivity index is 2.41. The lowest BCUT2D eigenvalue weighted by atomic mass is 10.2. The first-order valence-corrected chi connectivity index (χ1v) is 8.23. The van der Waals surface area contributed by atoms with Crippen molar-refractivity contribution in [3.8, 4) is 5.75 Å². The summed E-state index contributed by atoms with van der Waals surface area (Å²) in [4.78, 5) is 0.0801. The van der Waals surface area contributed by atoms with E-state index in [1.165, 1.54) is 24.3 Å². The Morgan fingerprint density at radius 1 is 1.25 bits per heavy atom. The van der Waals surface area contributed by atoms with Crippen LogP contribution in [-0.2, 0) is 10.0 Å². The van der Waals surface area contributed by atoms with Gasteiger partial charge in [-0.1, -0.05) is 17.7 Å². The van der Waals surface area contributed by atoms with Crippen molar-refractivity contribution >= 4 is 43.2 Å². The number of phenolic OH excluding ortho intramolecular Hbond substituents is 1. The van der Waals surface area contributed by atoms with Crippen LogP contribution in [0.1, 0.15) is 5.56 Å². The van der Waals surface area contributed by atoms with Gasteiger partial charge in [-0.3, -0.25) is 4.72 Å². The molecule has 106 valence electrons. The lowest BCUT2D eigenvalue weighted by Crippen LogP contribution is -2.13. The number of halogens is 2. The summed E-state index contributed by atoms with van der Waals surface area (Å²) in [6, 6.07) is 8.97. The molecule has 0 aliphatic rings. The van der Waals surface area contributed by atoms with E-state index in [-0.39, 0.29) is 10.6 Å². The molecule has 2 aromatic carbocycles. The Hall–Kier alpha value is -1.24. The van der Waals surface area contributed by atoms with Gasteiger partial charge in [0.05, 0.1) is 15.6 Å². The molecule has 2 N–H and O–H groups in total. The van der Waals surface area contributed by atoms with Gasteiger partial charge in [-0.05, 0) is 53.2 Å².